The van der Waals surface area contributed by atoms with Crippen LogP contribution in [0.15, 0.2) is 12.3 Å². The van der Waals surface area contributed by atoms with E-state index in [1.54, 1.807) is 6.20 Å². The Kier molecular flexibility index (Phi) is 5.64. The van der Waals surface area contributed by atoms with Gasteiger partial charge in [0.25, 0.3) is 0 Å². The van der Waals surface area contributed by atoms with Gasteiger partial charge in [-0.1, -0.05) is 18.5 Å². The minimum atomic E-state index is 0.475. The second-order valence-electron chi connectivity index (χ2n) is 5.57. The van der Waals surface area contributed by atoms with E-state index >= 15 is 0 Å². The fourth-order valence-corrected chi connectivity index (χ4v) is 2.90. The molecule has 5 heteroatoms. The molecule has 0 radical (unpaired) electrons. The highest BCUT2D eigenvalue weighted by atomic mass is 35.5. The molecule has 1 aromatic heterocycles. The van der Waals surface area contributed by atoms with Gasteiger partial charge in [-0.05, 0) is 45.1 Å². The van der Waals surface area contributed by atoms with Crippen LogP contribution < -0.4 is 10.2 Å². The van der Waals surface area contributed by atoms with Crippen LogP contribution in [0, 0.1) is 0 Å². The molecule has 2 heterocycles. The van der Waals surface area contributed by atoms with Gasteiger partial charge < -0.3 is 15.1 Å². The third-order valence-electron chi connectivity index (χ3n) is 3.83. The largest absolute Gasteiger partial charge is 0.353 e. The van der Waals surface area contributed by atoms with Crippen molar-refractivity contribution in [3.05, 3.63) is 22.8 Å². The summed E-state index contributed by atoms with van der Waals surface area (Å²) in [7, 11) is 2.19. The fraction of sp³-hybridized carbons (Fsp3) is 0.667. The summed E-state index contributed by atoms with van der Waals surface area (Å²) in [5.74, 6) is 1.05. The molecule has 4 nitrogen and oxygen atoms in total. The molecule has 1 aliphatic heterocycles. The monoisotopic (exact) mass is 296 g/mol. The number of rotatable bonds is 4. The van der Waals surface area contributed by atoms with Crippen molar-refractivity contribution >= 4 is 17.4 Å². The van der Waals surface area contributed by atoms with Crippen LogP contribution in [0.4, 0.5) is 5.82 Å². The number of nitrogens with zero attached hydrogens (tertiary/aromatic N) is 3. The molecule has 20 heavy (non-hydrogen) atoms. The molecular formula is C15H25ClN4. The Labute approximate surface area is 127 Å². The average Bonchev–Trinajstić information content (AvgIpc) is 2.59. The molecule has 1 N–H and O–H groups in total. The summed E-state index contributed by atoms with van der Waals surface area (Å²) in [5.41, 5.74) is 1.13. The first-order valence-electron chi connectivity index (χ1n) is 7.42. The maximum Gasteiger partial charge on any atom is 0.129 e. The van der Waals surface area contributed by atoms with Gasteiger partial charge in [0.2, 0.25) is 0 Å². The van der Waals surface area contributed by atoms with E-state index < -0.39 is 0 Å². The predicted octanol–water partition coefficient (Wildman–Crippen LogP) is 2.37. The molecule has 0 aliphatic carbocycles. The summed E-state index contributed by atoms with van der Waals surface area (Å²) in [6.07, 6.45) is 2.96. The maximum absolute atomic E-state index is 6.23. The molecule has 0 aromatic carbocycles. The van der Waals surface area contributed by atoms with Crippen molar-refractivity contribution in [1.82, 2.24) is 15.2 Å². The molecule has 1 atom stereocenters. The standard InChI is InChI=1S/C15H25ClN4/c1-4-17-9-13-8-15(18-10-14(13)16)20-7-5-6-19(3)11-12(20)2/h8,10,12,17H,4-7,9,11H2,1-3H3. The number of pyridine rings is 1. The lowest BCUT2D eigenvalue weighted by molar-refractivity contribution is 0.337. The lowest BCUT2D eigenvalue weighted by Gasteiger charge is -2.29. The lowest BCUT2D eigenvalue weighted by Crippen LogP contribution is -2.38. The first-order valence-corrected chi connectivity index (χ1v) is 7.80. The minimum Gasteiger partial charge on any atom is -0.353 e. The number of halogens is 1. The molecule has 112 valence electrons. The van der Waals surface area contributed by atoms with Crippen LogP contribution in [0.3, 0.4) is 0 Å². The van der Waals surface area contributed by atoms with Gasteiger partial charge in [0.15, 0.2) is 0 Å². The van der Waals surface area contributed by atoms with Gasteiger partial charge in [0.05, 0.1) is 5.02 Å². The predicted molar refractivity (Wildman–Crippen MR) is 85.5 cm³/mol. The van der Waals surface area contributed by atoms with Gasteiger partial charge in [-0.2, -0.15) is 0 Å². The second kappa shape index (κ2) is 7.25. The van der Waals surface area contributed by atoms with Crippen LogP contribution in [0.25, 0.3) is 0 Å². The van der Waals surface area contributed by atoms with Gasteiger partial charge in [-0.15, -0.1) is 0 Å². The van der Waals surface area contributed by atoms with E-state index in [4.69, 9.17) is 11.6 Å². The SMILES string of the molecule is CCNCc1cc(N2CCCN(C)CC2C)ncc1Cl. The number of aromatic nitrogens is 1. The van der Waals surface area contributed by atoms with Gasteiger partial charge >= 0.3 is 0 Å². The van der Waals surface area contributed by atoms with Crippen LogP contribution >= 0.6 is 11.6 Å². The minimum absolute atomic E-state index is 0.475. The summed E-state index contributed by atoms with van der Waals surface area (Å²) >= 11 is 6.23. The van der Waals surface area contributed by atoms with Gasteiger partial charge in [0, 0.05) is 31.9 Å². The summed E-state index contributed by atoms with van der Waals surface area (Å²) in [4.78, 5) is 9.32. The van der Waals surface area contributed by atoms with E-state index in [2.05, 4.69) is 47.1 Å². The Morgan fingerprint density at radius 1 is 1.45 bits per heavy atom. The van der Waals surface area contributed by atoms with E-state index in [9.17, 15) is 0 Å². The summed E-state index contributed by atoms with van der Waals surface area (Å²) in [6, 6.07) is 2.61. The van der Waals surface area contributed by atoms with Crippen LogP contribution in [-0.4, -0.2) is 49.2 Å². The first kappa shape index (κ1) is 15.5. The highest BCUT2D eigenvalue weighted by Gasteiger charge is 2.21. The Morgan fingerprint density at radius 3 is 3.00 bits per heavy atom. The molecule has 1 fully saturated rings. The van der Waals surface area contributed by atoms with Crippen LogP contribution in [0.1, 0.15) is 25.8 Å². The van der Waals surface area contributed by atoms with E-state index in [1.165, 1.54) is 6.42 Å². The lowest BCUT2D eigenvalue weighted by atomic mass is 10.2. The Morgan fingerprint density at radius 2 is 2.25 bits per heavy atom. The van der Waals surface area contributed by atoms with Gasteiger partial charge in [0.1, 0.15) is 5.82 Å². The summed E-state index contributed by atoms with van der Waals surface area (Å²) in [6.45, 7) is 9.39. The number of hydrogen-bond donors (Lipinski definition) is 1. The van der Waals surface area contributed by atoms with E-state index in [-0.39, 0.29) is 0 Å². The third-order valence-corrected chi connectivity index (χ3v) is 4.17. The molecule has 0 spiro atoms. The van der Waals surface area contributed by atoms with E-state index in [0.29, 0.717) is 6.04 Å². The summed E-state index contributed by atoms with van der Waals surface area (Å²) in [5, 5.41) is 4.07. The molecule has 0 saturated carbocycles. The molecule has 1 unspecified atom stereocenters. The Hall–Kier alpha value is -0.840. The number of hydrogen-bond acceptors (Lipinski definition) is 4. The molecule has 0 amide bonds. The zero-order chi connectivity index (χ0) is 14.5. The number of nitrogens with one attached hydrogen (secondary N) is 1. The maximum atomic E-state index is 6.23. The molecule has 1 saturated heterocycles. The van der Waals surface area contributed by atoms with Crippen molar-refractivity contribution in [2.45, 2.75) is 32.9 Å². The Bertz CT molecular complexity index is 438. The average molecular weight is 297 g/mol. The third kappa shape index (κ3) is 3.84. The highest BCUT2D eigenvalue weighted by molar-refractivity contribution is 6.31. The van der Waals surface area contributed by atoms with Crippen molar-refractivity contribution in [3.8, 4) is 0 Å². The van der Waals surface area contributed by atoms with Gasteiger partial charge in [-0.25, -0.2) is 4.98 Å². The Balaban J connectivity index is 2.18. The van der Waals surface area contributed by atoms with Crippen LogP contribution in [0.2, 0.25) is 5.02 Å². The quantitative estimate of drug-likeness (QED) is 0.924. The zero-order valence-electron chi connectivity index (χ0n) is 12.7. The molecule has 1 aliphatic rings. The molecule has 0 bridgehead atoms. The van der Waals surface area contributed by atoms with Crippen LogP contribution in [0.5, 0.6) is 0 Å². The van der Waals surface area contributed by atoms with E-state index in [1.807, 2.05) is 0 Å². The van der Waals surface area contributed by atoms with Crippen molar-refractivity contribution in [2.75, 3.05) is 38.1 Å². The topological polar surface area (TPSA) is 31.4 Å². The number of anilines is 1. The molecule has 1 aromatic rings. The molecular weight excluding hydrogens is 272 g/mol. The summed E-state index contributed by atoms with van der Waals surface area (Å²) < 4.78 is 0. The number of likely N-dealkylation sites (N-methyl/N-ethyl adjacent to an activating group) is 1. The highest BCUT2D eigenvalue weighted by Crippen LogP contribution is 2.23. The van der Waals surface area contributed by atoms with Crippen molar-refractivity contribution in [3.63, 3.8) is 0 Å². The normalized spacial score (nSPS) is 21.0. The second-order valence-corrected chi connectivity index (χ2v) is 5.98. The molecule has 2 rings (SSSR count). The van der Waals surface area contributed by atoms with Crippen LogP contribution in [-0.2, 0) is 6.54 Å². The van der Waals surface area contributed by atoms with Gasteiger partial charge in [-0.3, -0.25) is 0 Å². The van der Waals surface area contributed by atoms with Crippen molar-refractivity contribution < 1.29 is 0 Å². The smallest absolute Gasteiger partial charge is 0.129 e. The van der Waals surface area contributed by atoms with Crippen molar-refractivity contribution in [1.29, 1.82) is 0 Å². The van der Waals surface area contributed by atoms with Crippen molar-refractivity contribution in [2.24, 2.45) is 0 Å². The fourth-order valence-electron chi connectivity index (χ4n) is 2.73. The van der Waals surface area contributed by atoms with E-state index in [0.717, 1.165) is 49.1 Å². The first-order chi connectivity index (χ1) is 9.61. The zero-order valence-corrected chi connectivity index (χ0v) is 13.5.